The lowest BCUT2D eigenvalue weighted by Gasteiger charge is -2.28. The highest BCUT2D eigenvalue weighted by molar-refractivity contribution is 7.98. The first kappa shape index (κ1) is 26.3. The number of hydrogen-bond donors (Lipinski definition) is 2. The lowest BCUT2D eigenvalue weighted by Crippen LogP contribution is -2.52. The first-order valence-electron chi connectivity index (χ1n) is 11.8. The molecule has 1 aliphatic heterocycles. The van der Waals surface area contributed by atoms with Crippen LogP contribution in [0.15, 0.2) is 60.7 Å². The van der Waals surface area contributed by atoms with Crippen molar-refractivity contribution in [2.45, 2.75) is 31.7 Å². The van der Waals surface area contributed by atoms with Gasteiger partial charge in [-0.2, -0.15) is 11.8 Å². The van der Waals surface area contributed by atoms with E-state index in [-0.39, 0.29) is 18.4 Å². The van der Waals surface area contributed by atoms with E-state index in [1.807, 2.05) is 30.5 Å². The Morgan fingerprint density at radius 3 is 2.49 bits per heavy atom. The van der Waals surface area contributed by atoms with Gasteiger partial charge in [0.1, 0.15) is 17.7 Å². The summed E-state index contributed by atoms with van der Waals surface area (Å²) < 4.78 is 27.2. The normalized spacial score (nSPS) is 15.4. The van der Waals surface area contributed by atoms with Gasteiger partial charge in [0.15, 0.2) is 0 Å². The molecule has 0 aromatic heterocycles. The minimum absolute atomic E-state index is 0.138. The summed E-state index contributed by atoms with van der Waals surface area (Å²) in [5, 5.41) is 2.69. The quantitative estimate of drug-likeness (QED) is 0.439. The van der Waals surface area contributed by atoms with Crippen LogP contribution in [0.1, 0.15) is 30.4 Å². The molecule has 0 saturated heterocycles. The van der Waals surface area contributed by atoms with Crippen molar-refractivity contribution in [3.63, 3.8) is 0 Å². The molecule has 3 N–H and O–H groups in total. The lowest BCUT2D eigenvalue weighted by molar-refractivity contribution is -0.131. The Hall–Kier alpha value is -3.72. The molecular weight excluding hydrogens is 496 g/mol. The SMILES string of the molecule is CSCC[C@H](NC(=O)Cc1cc(F)cc(F)c1)C(=O)N1C(=O)C(C)c2ccccc2-c2c(N)cccc21. The predicted octanol–water partition coefficient (Wildman–Crippen LogP) is 4.67. The van der Waals surface area contributed by atoms with Gasteiger partial charge >= 0.3 is 0 Å². The third-order valence-electron chi connectivity index (χ3n) is 6.35. The summed E-state index contributed by atoms with van der Waals surface area (Å²) in [6.45, 7) is 1.73. The van der Waals surface area contributed by atoms with Crippen molar-refractivity contribution in [2.24, 2.45) is 0 Å². The summed E-state index contributed by atoms with van der Waals surface area (Å²) in [5.41, 5.74) is 9.35. The smallest absolute Gasteiger partial charge is 0.256 e. The van der Waals surface area contributed by atoms with Crippen LogP contribution in [0.3, 0.4) is 0 Å². The zero-order valence-electron chi connectivity index (χ0n) is 20.5. The molecule has 0 spiro atoms. The Morgan fingerprint density at radius 1 is 1.08 bits per heavy atom. The van der Waals surface area contributed by atoms with Gasteiger partial charge in [0.05, 0.1) is 18.0 Å². The van der Waals surface area contributed by atoms with Gasteiger partial charge in [0, 0.05) is 17.3 Å². The summed E-state index contributed by atoms with van der Waals surface area (Å²) in [6, 6.07) is 14.3. The summed E-state index contributed by atoms with van der Waals surface area (Å²) >= 11 is 1.49. The first-order chi connectivity index (χ1) is 17.7. The molecule has 0 bridgehead atoms. The van der Waals surface area contributed by atoms with E-state index >= 15 is 0 Å². The summed E-state index contributed by atoms with van der Waals surface area (Å²) in [5.74, 6) is -3.31. The summed E-state index contributed by atoms with van der Waals surface area (Å²) in [7, 11) is 0. The minimum atomic E-state index is -1.04. The van der Waals surface area contributed by atoms with E-state index in [1.54, 1.807) is 25.1 Å². The zero-order chi connectivity index (χ0) is 26.7. The molecule has 3 amide bonds. The second-order valence-electron chi connectivity index (χ2n) is 8.92. The van der Waals surface area contributed by atoms with Crippen molar-refractivity contribution in [1.29, 1.82) is 0 Å². The van der Waals surface area contributed by atoms with Crippen molar-refractivity contribution in [3.8, 4) is 11.1 Å². The molecule has 6 nitrogen and oxygen atoms in total. The molecular formula is C28H27F2N3O3S. The molecule has 192 valence electrons. The van der Waals surface area contributed by atoms with Crippen LogP contribution in [-0.4, -0.2) is 35.8 Å². The highest BCUT2D eigenvalue weighted by Crippen LogP contribution is 2.44. The molecule has 1 heterocycles. The van der Waals surface area contributed by atoms with E-state index in [4.69, 9.17) is 5.73 Å². The van der Waals surface area contributed by atoms with Gasteiger partial charge in [-0.05, 0) is 66.3 Å². The number of rotatable bonds is 7. The minimum Gasteiger partial charge on any atom is -0.398 e. The van der Waals surface area contributed by atoms with Gasteiger partial charge in [0.25, 0.3) is 5.91 Å². The number of amides is 3. The van der Waals surface area contributed by atoms with Crippen LogP contribution in [0, 0.1) is 11.6 Å². The first-order valence-corrected chi connectivity index (χ1v) is 13.2. The molecule has 3 aromatic carbocycles. The number of carbonyl (C=O) groups is 3. The van der Waals surface area contributed by atoms with Crippen molar-refractivity contribution in [3.05, 3.63) is 83.4 Å². The monoisotopic (exact) mass is 523 g/mol. The highest BCUT2D eigenvalue weighted by Gasteiger charge is 2.38. The number of fused-ring (bicyclic) bond motifs is 3. The van der Waals surface area contributed by atoms with Gasteiger partial charge in [0.2, 0.25) is 11.8 Å². The van der Waals surface area contributed by atoms with Gasteiger partial charge in [-0.3, -0.25) is 14.4 Å². The van der Waals surface area contributed by atoms with Gasteiger partial charge in [-0.1, -0.05) is 30.3 Å². The number of imide groups is 1. The fourth-order valence-corrected chi connectivity index (χ4v) is 5.08. The molecule has 9 heteroatoms. The van der Waals surface area contributed by atoms with Crippen LogP contribution in [-0.2, 0) is 20.8 Å². The number of nitrogens with zero attached hydrogens (tertiary/aromatic N) is 1. The lowest BCUT2D eigenvalue weighted by atomic mass is 9.92. The maximum Gasteiger partial charge on any atom is 0.256 e. The van der Waals surface area contributed by atoms with E-state index in [0.29, 0.717) is 22.7 Å². The molecule has 2 atom stereocenters. The van der Waals surface area contributed by atoms with E-state index in [1.165, 1.54) is 11.8 Å². The van der Waals surface area contributed by atoms with Crippen molar-refractivity contribution < 1.29 is 23.2 Å². The number of nitrogens with two attached hydrogens (primary N) is 1. The number of carbonyl (C=O) groups excluding carboxylic acids is 3. The fraction of sp³-hybridized carbons (Fsp3) is 0.250. The third kappa shape index (κ3) is 5.51. The molecule has 0 saturated carbocycles. The topological polar surface area (TPSA) is 92.5 Å². The molecule has 1 unspecified atom stereocenters. The molecule has 1 aliphatic rings. The van der Waals surface area contributed by atoms with Gasteiger partial charge in [-0.25, -0.2) is 13.7 Å². The van der Waals surface area contributed by atoms with Gasteiger partial charge < -0.3 is 11.1 Å². The number of benzene rings is 3. The van der Waals surface area contributed by atoms with Crippen LogP contribution >= 0.6 is 11.8 Å². The predicted molar refractivity (Wildman–Crippen MR) is 142 cm³/mol. The maximum absolute atomic E-state index is 14.0. The third-order valence-corrected chi connectivity index (χ3v) is 7.00. The number of halogens is 2. The van der Waals surface area contributed by atoms with Crippen molar-refractivity contribution in [2.75, 3.05) is 22.6 Å². The molecule has 37 heavy (non-hydrogen) atoms. The van der Waals surface area contributed by atoms with Crippen LogP contribution in [0.5, 0.6) is 0 Å². The Balaban J connectivity index is 1.70. The largest absolute Gasteiger partial charge is 0.398 e. The fourth-order valence-electron chi connectivity index (χ4n) is 4.60. The Morgan fingerprint density at radius 2 is 1.78 bits per heavy atom. The summed E-state index contributed by atoms with van der Waals surface area (Å²) in [4.78, 5) is 41.6. The number of nitrogen functional groups attached to an aromatic ring is 1. The van der Waals surface area contributed by atoms with E-state index in [2.05, 4.69) is 5.32 Å². The van der Waals surface area contributed by atoms with Gasteiger partial charge in [-0.15, -0.1) is 0 Å². The highest BCUT2D eigenvalue weighted by atomic mass is 32.2. The van der Waals surface area contributed by atoms with Crippen molar-refractivity contribution in [1.82, 2.24) is 5.32 Å². The molecule has 3 aromatic rings. The second-order valence-corrected chi connectivity index (χ2v) is 9.90. The Kier molecular flexibility index (Phi) is 7.92. The zero-order valence-corrected chi connectivity index (χ0v) is 21.3. The van der Waals surface area contributed by atoms with E-state index in [9.17, 15) is 23.2 Å². The molecule has 0 radical (unpaired) electrons. The van der Waals surface area contributed by atoms with Crippen LogP contribution < -0.4 is 16.0 Å². The second kappa shape index (κ2) is 11.1. The maximum atomic E-state index is 14.0. The van der Waals surface area contributed by atoms with Crippen LogP contribution in [0.2, 0.25) is 0 Å². The summed E-state index contributed by atoms with van der Waals surface area (Å²) in [6.07, 6.45) is 1.80. The molecule has 0 fully saturated rings. The van der Waals surface area contributed by atoms with Crippen LogP contribution in [0.25, 0.3) is 11.1 Å². The average molecular weight is 524 g/mol. The molecule has 0 aliphatic carbocycles. The Bertz CT molecular complexity index is 1340. The standard InChI is InChI=1S/C28H27F2N3O3S/c1-16-20-6-3-4-7-21(20)26-22(31)8-5-9-24(26)33(27(16)35)28(36)23(10-11-37-2)32-25(34)14-17-12-18(29)15-19(30)13-17/h3-9,12-13,15-16,23H,10-11,14,31H2,1-2H3,(H,32,34)/t16?,23-/m0/s1. The molecule has 4 rings (SSSR count). The Labute approximate surface area is 218 Å². The number of nitrogens with one attached hydrogen (secondary N) is 1. The average Bonchev–Trinajstić information content (AvgIpc) is 2.94. The van der Waals surface area contributed by atoms with E-state index in [0.717, 1.165) is 34.2 Å². The number of anilines is 2. The van der Waals surface area contributed by atoms with Crippen LogP contribution in [0.4, 0.5) is 20.2 Å². The number of thioether (sulfide) groups is 1. The number of hydrogen-bond acceptors (Lipinski definition) is 5. The van der Waals surface area contributed by atoms with Crippen molar-refractivity contribution >= 4 is 40.9 Å². The van der Waals surface area contributed by atoms with E-state index < -0.39 is 41.3 Å².